The number of hydrogen-bond acceptors (Lipinski definition) is 3. The van der Waals surface area contributed by atoms with Crippen molar-refractivity contribution in [3.8, 4) is 0 Å². The normalized spacial score (nSPS) is 34.0. The Balaban J connectivity index is 1.85. The summed E-state index contributed by atoms with van der Waals surface area (Å²) in [7, 11) is 0. The topological polar surface area (TPSA) is 57.7 Å². The van der Waals surface area contributed by atoms with Crippen LogP contribution in [0.1, 0.15) is 33.6 Å². The Bertz CT molecular complexity index is 506. The van der Waals surface area contributed by atoms with Gasteiger partial charge in [0.25, 0.3) is 0 Å². The molecule has 0 spiro atoms. The highest BCUT2D eigenvalue weighted by Gasteiger charge is 2.58. The van der Waals surface area contributed by atoms with Crippen LogP contribution in [0.25, 0.3) is 0 Å². The van der Waals surface area contributed by atoms with Crippen LogP contribution in [0.5, 0.6) is 0 Å². The molecule has 120 valence electrons. The van der Waals surface area contributed by atoms with Gasteiger partial charge >= 0.3 is 0 Å². The number of fused-ring (bicyclic) bond motifs is 1. The van der Waals surface area contributed by atoms with E-state index in [1.165, 1.54) is 4.90 Å². The molecule has 1 heterocycles. The van der Waals surface area contributed by atoms with Crippen LogP contribution in [0.15, 0.2) is 12.2 Å². The Kier molecular flexibility index (Phi) is 3.83. The summed E-state index contributed by atoms with van der Waals surface area (Å²) in [4.78, 5) is 41.0. The molecule has 5 heteroatoms. The van der Waals surface area contributed by atoms with Crippen molar-refractivity contribution in [3.63, 3.8) is 0 Å². The first-order chi connectivity index (χ1) is 10.5. The van der Waals surface area contributed by atoms with Crippen molar-refractivity contribution in [2.24, 2.45) is 23.7 Å². The molecule has 0 N–H and O–H groups in total. The predicted octanol–water partition coefficient (Wildman–Crippen LogP) is 1.44. The molecule has 5 nitrogen and oxygen atoms in total. The average Bonchev–Trinajstić information content (AvgIpc) is 2.82. The first-order valence-corrected chi connectivity index (χ1v) is 8.35. The molecule has 0 aromatic carbocycles. The number of likely N-dealkylation sites (N-methyl/N-ethyl adjacent to an activating group) is 1. The molecule has 4 aliphatic rings. The number of allylic oxidation sites excluding steroid dienone is 2. The van der Waals surface area contributed by atoms with Gasteiger partial charge in [0.15, 0.2) is 0 Å². The van der Waals surface area contributed by atoms with Gasteiger partial charge in [-0.15, -0.1) is 0 Å². The van der Waals surface area contributed by atoms with E-state index in [0.29, 0.717) is 13.1 Å². The van der Waals surface area contributed by atoms with Crippen LogP contribution >= 0.6 is 0 Å². The number of hydrogen-bond donors (Lipinski definition) is 0. The van der Waals surface area contributed by atoms with Gasteiger partial charge in [0.05, 0.1) is 11.8 Å². The van der Waals surface area contributed by atoms with Gasteiger partial charge < -0.3 is 4.90 Å². The van der Waals surface area contributed by atoms with Crippen molar-refractivity contribution in [1.82, 2.24) is 9.80 Å². The lowest BCUT2D eigenvalue weighted by Gasteiger charge is -2.38. The fourth-order valence-electron chi connectivity index (χ4n) is 4.39. The minimum atomic E-state index is -0.690. The van der Waals surface area contributed by atoms with Crippen LogP contribution in [0.2, 0.25) is 0 Å². The van der Waals surface area contributed by atoms with Crippen molar-refractivity contribution in [2.75, 3.05) is 13.1 Å². The number of nitrogens with zero attached hydrogens (tertiary/aromatic N) is 2. The van der Waals surface area contributed by atoms with Gasteiger partial charge in [-0.2, -0.15) is 0 Å². The zero-order valence-electron chi connectivity index (χ0n) is 13.5. The second-order valence-electron chi connectivity index (χ2n) is 6.57. The van der Waals surface area contributed by atoms with E-state index in [1.54, 1.807) is 11.8 Å². The van der Waals surface area contributed by atoms with E-state index in [2.05, 4.69) is 12.2 Å². The maximum atomic E-state index is 12.8. The van der Waals surface area contributed by atoms with Gasteiger partial charge in [-0.3, -0.25) is 19.3 Å². The van der Waals surface area contributed by atoms with E-state index < -0.39 is 6.04 Å². The fourth-order valence-corrected chi connectivity index (χ4v) is 4.39. The molecule has 3 aliphatic carbocycles. The number of likely N-dealkylation sites (tertiary alicyclic amines) is 1. The molecule has 5 unspecified atom stereocenters. The SMILES string of the molecule is CCN(CC)C(=O)C(C)N1C(=O)C2C3C=CC(CC3)C2C1=O. The molecule has 5 atom stereocenters. The van der Waals surface area contributed by atoms with E-state index in [4.69, 9.17) is 0 Å². The van der Waals surface area contributed by atoms with Gasteiger partial charge in [-0.05, 0) is 45.4 Å². The number of carbonyl (C=O) groups excluding carboxylic acids is 3. The first kappa shape index (κ1) is 15.3. The zero-order chi connectivity index (χ0) is 16.0. The molecule has 1 saturated heterocycles. The fraction of sp³-hybridized carbons (Fsp3) is 0.706. The lowest BCUT2D eigenvalue weighted by molar-refractivity contribution is -0.151. The van der Waals surface area contributed by atoms with Gasteiger partial charge in [0.2, 0.25) is 17.7 Å². The Labute approximate surface area is 131 Å². The van der Waals surface area contributed by atoms with E-state index in [-0.39, 0.29) is 41.4 Å². The van der Waals surface area contributed by atoms with Crippen LogP contribution in [-0.4, -0.2) is 46.7 Å². The molecule has 0 aromatic heterocycles. The maximum absolute atomic E-state index is 12.8. The Morgan fingerprint density at radius 3 is 1.95 bits per heavy atom. The van der Waals surface area contributed by atoms with E-state index in [9.17, 15) is 14.4 Å². The predicted molar refractivity (Wildman–Crippen MR) is 81.6 cm³/mol. The summed E-state index contributed by atoms with van der Waals surface area (Å²) < 4.78 is 0. The molecule has 1 aliphatic heterocycles. The van der Waals surface area contributed by atoms with Crippen molar-refractivity contribution in [2.45, 2.75) is 39.7 Å². The third-order valence-electron chi connectivity index (χ3n) is 5.61. The van der Waals surface area contributed by atoms with Crippen LogP contribution in [0, 0.1) is 23.7 Å². The second-order valence-corrected chi connectivity index (χ2v) is 6.57. The van der Waals surface area contributed by atoms with Gasteiger partial charge in [-0.25, -0.2) is 0 Å². The number of imide groups is 1. The third kappa shape index (κ3) is 2.02. The van der Waals surface area contributed by atoms with Crippen LogP contribution in [-0.2, 0) is 14.4 Å². The number of carbonyl (C=O) groups is 3. The van der Waals surface area contributed by atoms with Crippen molar-refractivity contribution in [3.05, 3.63) is 12.2 Å². The van der Waals surface area contributed by atoms with E-state index >= 15 is 0 Å². The van der Waals surface area contributed by atoms with Crippen molar-refractivity contribution >= 4 is 17.7 Å². The highest BCUT2D eigenvalue weighted by atomic mass is 16.2. The smallest absolute Gasteiger partial charge is 0.245 e. The second kappa shape index (κ2) is 5.52. The molecule has 0 aromatic rings. The van der Waals surface area contributed by atoms with Gasteiger partial charge in [-0.1, -0.05) is 12.2 Å². The van der Waals surface area contributed by atoms with Crippen LogP contribution in [0.4, 0.5) is 0 Å². The van der Waals surface area contributed by atoms with Gasteiger partial charge in [0.1, 0.15) is 6.04 Å². The summed E-state index contributed by atoms with van der Waals surface area (Å²) in [5.74, 6) is -0.527. The van der Waals surface area contributed by atoms with Crippen molar-refractivity contribution in [1.29, 1.82) is 0 Å². The monoisotopic (exact) mass is 304 g/mol. The standard InChI is InChI=1S/C17H24N2O3/c1-4-18(5-2)15(20)10(3)19-16(21)13-11-6-7-12(9-8-11)14(13)17(19)22/h6-7,10-14H,4-5,8-9H2,1-3H3. The van der Waals surface area contributed by atoms with Crippen molar-refractivity contribution < 1.29 is 14.4 Å². The Hall–Kier alpha value is -1.65. The molecule has 0 radical (unpaired) electrons. The molecule has 22 heavy (non-hydrogen) atoms. The maximum Gasteiger partial charge on any atom is 0.245 e. The summed E-state index contributed by atoms with van der Waals surface area (Å²) in [6.45, 7) is 6.69. The Morgan fingerprint density at radius 1 is 1.14 bits per heavy atom. The van der Waals surface area contributed by atoms with Crippen LogP contribution < -0.4 is 0 Å². The zero-order valence-corrected chi connectivity index (χ0v) is 13.5. The summed E-state index contributed by atoms with van der Waals surface area (Å²) >= 11 is 0. The molecule has 4 rings (SSSR count). The summed E-state index contributed by atoms with van der Waals surface area (Å²) in [6.07, 6.45) is 6.16. The molecule has 3 amide bonds. The van der Waals surface area contributed by atoms with E-state index in [1.807, 2.05) is 13.8 Å². The summed E-state index contributed by atoms with van der Waals surface area (Å²) in [5.41, 5.74) is 0. The first-order valence-electron chi connectivity index (χ1n) is 8.35. The minimum absolute atomic E-state index is 0.134. The van der Waals surface area contributed by atoms with Gasteiger partial charge in [0, 0.05) is 13.1 Å². The number of rotatable bonds is 4. The summed E-state index contributed by atoms with van der Waals surface area (Å²) in [6, 6.07) is -0.690. The van der Waals surface area contributed by atoms with E-state index in [0.717, 1.165) is 12.8 Å². The average molecular weight is 304 g/mol. The molecule has 1 saturated carbocycles. The molecule has 2 fully saturated rings. The summed E-state index contributed by atoms with van der Waals surface area (Å²) in [5, 5.41) is 0. The largest absolute Gasteiger partial charge is 0.341 e. The Morgan fingerprint density at radius 2 is 1.59 bits per heavy atom. The third-order valence-corrected chi connectivity index (χ3v) is 5.61. The van der Waals surface area contributed by atoms with Crippen LogP contribution in [0.3, 0.4) is 0 Å². The highest BCUT2D eigenvalue weighted by molar-refractivity contribution is 6.08. The molecular formula is C17H24N2O3. The lowest BCUT2D eigenvalue weighted by Crippen LogP contribution is -2.50. The molecule has 2 bridgehead atoms. The lowest BCUT2D eigenvalue weighted by atomic mass is 9.63. The molecular weight excluding hydrogens is 280 g/mol. The number of amides is 3. The quantitative estimate of drug-likeness (QED) is 0.583. The minimum Gasteiger partial charge on any atom is -0.341 e. The highest BCUT2D eigenvalue weighted by Crippen LogP contribution is 2.49.